The van der Waals surface area contributed by atoms with Gasteiger partial charge in [0.1, 0.15) is 11.9 Å². The average Bonchev–Trinajstić information content (AvgIpc) is 2.26. The summed E-state index contributed by atoms with van der Waals surface area (Å²) < 4.78 is 0. The predicted molar refractivity (Wildman–Crippen MR) is 53.7 cm³/mol. The fourth-order valence-corrected chi connectivity index (χ4v) is 1.26. The summed E-state index contributed by atoms with van der Waals surface area (Å²) in [5, 5.41) is 27.9. The Labute approximate surface area is 90.9 Å². The van der Waals surface area contributed by atoms with Gasteiger partial charge in [0.05, 0.1) is 0 Å². The Morgan fingerprint density at radius 2 is 2.00 bits per heavy atom. The number of rotatable bonds is 4. The smallest absolute Gasteiger partial charge is 0.249 e. The predicted octanol–water partition coefficient (Wildman–Crippen LogP) is -0.916. The van der Waals surface area contributed by atoms with Crippen molar-refractivity contribution in [2.75, 3.05) is 0 Å². The molecule has 1 aromatic rings. The molecule has 86 valence electrons. The Morgan fingerprint density at radius 3 is 2.50 bits per heavy atom. The third-order valence-corrected chi connectivity index (χ3v) is 2.11. The zero-order chi connectivity index (χ0) is 12.3. The first-order valence-electron chi connectivity index (χ1n) is 4.41. The summed E-state index contributed by atoms with van der Waals surface area (Å²) in [7, 11) is 0. The number of aldehydes is 1. The topological polar surface area (TPSA) is 121 Å². The highest BCUT2D eigenvalue weighted by atomic mass is 16.3. The van der Waals surface area contributed by atoms with E-state index >= 15 is 0 Å². The number of hydrogen-bond donors (Lipinski definition) is 4. The molecular weight excluding hydrogens is 214 g/mol. The third kappa shape index (κ3) is 2.36. The molecule has 16 heavy (non-hydrogen) atoms. The van der Waals surface area contributed by atoms with Crippen molar-refractivity contribution in [1.29, 1.82) is 0 Å². The van der Waals surface area contributed by atoms with Gasteiger partial charge in [0, 0.05) is 5.56 Å². The van der Waals surface area contributed by atoms with Crippen LogP contribution >= 0.6 is 0 Å². The van der Waals surface area contributed by atoms with Gasteiger partial charge in [-0.25, -0.2) is 0 Å². The molecule has 1 amide bonds. The standard InChI is InChI=1S/C10H11NO5/c11-10(16)9(15)8(14)7-2-1-6(13)3-5(7)4-12/h1-4,8-9,13-15H,(H2,11,16). The number of carbonyl (C=O) groups excluding carboxylic acids is 2. The van der Waals surface area contributed by atoms with Crippen molar-refractivity contribution in [1.82, 2.24) is 0 Å². The molecule has 0 aliphatic rings. The van der Waals surface area contributed by atoms with E-state index in [4.69, 9.17) is 10.8 Å². The molecule has 0 fully saturated rings. The number of phenolic OH excluding ortho intramolecular Hbond substituents is 1. The molecule has 1 aromatic carbocycles. The highest BCUT2D eigenvalue weighted by Gasteiger charge is 2.25. The quantitative estimate of drug-likeness (QED) is 0.494. The van der Waals surface area contributed by atoms with E-state index in [0.29, 0.717) is 6.29 Å². The summed E-state index contributed by atoms with van der Waals surface area (Å²) >= 11 is 0. The van der Waals surface area contributed by atoms with Gasteiger partial charge in [-0.3, -0.25) is 9.59 Å². The van der Waals surface area contributed by atoms with E-state index in [9.17, 15) is 19.8 Å². The molecule has 2 unspecified atom stereocenters. The Hall–Kier alpha value is -1.92. The van der Waals surface area contributed by atoms with E-state index in [-0.39, 0.29) is 16.9 Å². The lowest BCUT2D eigenvalue weighted by atomic mass is 9.98. The van der Waals surface area contributed by atoms with Gasteiger partial charge in [0.2, 0.25) is 5.91 Å². The van der Waals surface area contributed by atoms with Crippen LogP contribution in [0.2, 0.25) is 0 Å². The SMILES string of the molecule is NC(=O)C(O)C(O)c1ccc(O)cc1C=O. The average molecular weight is 225 g/mol. The minimum atomic E-state index is -1.80. The Bertz CT molecular complexity index is 418. The van der Waals surface area contributed by atoms with Crippen molar-refractivity contribution >= 4 is 12.2 Å². The Kier molecular flexibility index (Phi) is 3.60. The summed E-state index contributed by atoms with van der Waals surface area (Å²) in [5.74, 6) is -1.26. The second-order valence-electron chi connectivity index (χ2n) is 3.22. The molecule has 0 spiro atoms. The van der Waals surface area contributed by atoms with Crippen LogP contribution in [-0.4, -0.2) is 33.6 Å². The largest absolute Gasteiger partial charge is 0.508 e. The number of aliphatic hydroxyl groups is 2. The summed E-state index contributed by atoms with van der Waals surface area (Å²) in [6, 6.07) is 3.56. The molecule has 0 aliphatic heterocycles. The Morgan fingerprint density at radius 1 is 1.38 bits per heavy atom. The summed E-state index contributed by atoms with van der Waals surface area (Å²) in [5.41, 5.74) is 4.82. The molecule has 5 N–H and O–H groups in total. The van der Waals surface area contributed by atoms with E-state index < -0.39 is 18.1 Å². The van der Waals surface area contributed by atoms with Crippen LogP contribution in [0.25, 0.3) is 0 Å². The van der Waals surface area contributed by atoms with Gasteiger partial charge in [0.25, 0.3) is 0 Å². The van der Waals surface area contributed by atoms with Crippen molar-refractivity contribution in [2.45, 2.75) is 12.2 Å². The molecule has 0 aliphatic carbocycles. The van der Waals surface area contributed by atoms with E-state index in [1.54, 1.807) is 0 Å². The fourth-order valence-electron chi connectivity index (χ4n) is 1.26. The molecule has 0 aromatic heterocycles. The van der Waals surface area contributed by atoms with E-state index in [1.807, 2.05) is 0 Å². The van der Waals surface area contributed by atoms with Gasteiger partial charge in [-0.05, 0) is 17.7 Å². The normalized spacial score (nSPS) is 14.1. The lowest BCUT2D eigenvalue weighted by molar-refractivity contribution is -0.132. The van der Waals surface area contributed by atoms with Gasteiger partial charge in [-0.2, -0.15) is 0 Å². The molecule has 0 radical (unpaired) electrons. The molecule has 0 bridgehead atoms. The first-order chi connectivity index (χ1) is 7.47. The lowest BCUT2D eigenvalue weighted by Gasteiger charge is -2.16. The van der Waals surface area contributed by atoms with Crippen LogP contribution in [0.5, 0.6) is 5.75 Å². The maximum atomic E-state index is 10.7. The van der Waals surface area contributed by atoms with E-state index in [1.165, 1.54) is 12.1 Å². The van der Waals surface area contributed by atoms with E-state index in [0.717, 1.165) is 6.07 Å². The van der Waals surface area contributed by atoms with Gasteiger partial charge in [0.15, 0.2) is 12.4 Å². The van der Waals surface area contributed by atoms with Crippen LogP contribution in [0.1, 0.15) is 22.0 Å². The monoisotopic (exact) mass is 225 g/mol. The molecular formula is C10H11NO5. The second kappa shape index (κ2) is 4.73. The fraction of sp³-hybridized carbons (Fsp3) is 0.200. The van der Waals surface area contributed by atoms with Gasteiger partial charge in [-0.15, -0.1) is 0 Å². The number of nitrogens with two attached hydrogens (primary N) is 1. The first-order valence-corrected chi connectivity index (χ1v) is 4.41. The summed E-state index contributed by atoms with van der Waals surface area (Å²) in [4.78, 5) is 21.3. The molecule has 6 heteroatoms. The van der Waals surface area contributed by atoms with Crippen LogP contribution in [-0.2, 0) is 4.79 Å². The number of aliphatic hydroxyl groups excluding tert-OH is 2. The third-order valence-electron chi connectivity index (χ3n) is 2.11. The second-order valence-corrected chi connectivity index (χ2v) is 3.22. The number of phenols is 1. The van der Waals surface area contributed by atoms with Crippen molar-refractivity contribution in [2.24, 2.45) is 5.73 Å². The lowest BCUT2D eigenvalue weighted by Crippen LogP contribution is -2.34. The van der Waals surface area contributed by atoms with Crippen LogP contribution in [0.3, 0.4) is 0 Å². The molecule has 0 saturated carbocycles. The summed E-state index contributed by atoms with van der Waals surface area (Å²) in [6.07, 6.45) is -3.01. The number of aromatic hydroxyl groups is 1. The highest BCUT2D eigenvalue weighted by molar-refractivity contribution is 5.82. The number of carbonyl (C=O) groups is 2. The molecule has 0 heterocycles. The molecule has 0 saturated heterocycles. The van der Waals surface area contributed by atoms with Crippen LogP contribution in [0, 0.1) is 0 Å². The van der Waals surface area contributed by atoms with Crippen LogP contribution < -0.4 is 5.73 Å². The van der Waals surface area contributed by atoms with E-state index in [2.05, 4.69) is 0 Å². The van der Waals surface area contributed by atoms with Gasteiger partial charge < -0.3 is 21.1 Å². The van der Waals surface area contributed by atoms with Crippen LogP contribution in [0.4, 0.5) is 0 Å². The summed E-state index contributed by atoms with van der Waals surface area (Å²) in [6.45, 7) is 0. The minimum absolute atomic E-state index is 0.0206. The molecule has 1 rings (SSSR count). The first kappa shape index (κ1) is 12.2. The molecule has 6 nitrogen and oxygen atoms in total. The number of benzene rings is 1. The molecule has 2 atom stereocenters. The highest BCUT2D eigenvalue weighted by Crippen LogP contribution is 2.23. The Balaban J connectivity index is 3.12. The minimum Gasteiger partial charge on any atom is -0.508 e. The van der Waals surface area contributed by atoms with Crippen molar-refractivity contribution < 1.29 is 24.9 Å². The maximum Gasteiger partial charge on any atom is 0.249 e. The van der Waals surface area contributed by atoms with Gasteiger partial charge >= 0.3 is 0 Å². The maximum absolute atomic E-state index is 10.7. The zero-order valence-electron chi connectivity index (χ0n) is 8.20. The van der Waals surface area contributed by atoms with Crippen molar-refractivity contribution in [3.05, 3.63) is 29.3 Å². The number of primary amides is 1. The van der Waals surface area contributed by atoms with Crippen molar-refractivity contribution in [3.8, 4) is 5.75 Å². The zero-order valence-corrected chi connectivity index (χ0v) is 8.20. The van der Waals surface area contributed by atoms with Crippen molar-refractivity contribution in [3.63, 3.8) is 0 Å². The number of amides is 1. The number of hydrogen-bond acceptors (Lipinski definition) is 5. The van der Waals surface area contributed by atoms with Crippen LogP contribution in [0.15, 0.2) is 18.2 Å². The van der Waals surface area contributed by atoms with Gasteiger partial charge in [-0.1, -0.05) is 6.07 Å².